The molecule has 3 N–H and O–H groups in total. The summed E-state index contributed by atoms with van der Waals surface area (Å²) < 4.78 is 0. The van der Waals surface area contributed by atoms with Crippen LogP contribution in [-0.4, -0.2) is 43.4 Å². The Morgan fingerprint density at radius 2 is 1.72 bits per heavy atom. The zero-order chi connectivity index (χ0) is 21.2. The predicted octanol–water partition coefficient (Wildman–Crippen LogP) is 2.60. The molecule has 1 fully saturated rings. The fourth-order valence-electron chi connectivity index (χ4n) is 4.31. The first-order valence-corrected chi connectivity index (χ1v) is 10.1. The number of carbonyl (C=O) groups excluding carboxylic acids is 2. The zero-order valence-electron chi connectivity index (χ0n) is 17.7. The lowest BCUT2D eigenvalue weighted by atomic mass is 9.94. The van der Waals surface area contributed by atoms with Crippen molar-refractivity contribution in [3.05, 3.63) is 71.3 Å². The van der Waals surface area contributed by atoms with Gasteiger partial charge in [0, 0.05) is 23.6 Å². The summed E-state index contributed by atoms with van der Waals surface area (Å²) in [5.41, 5.74) is 8.06. The molecule has 0 bridgehead atoms. The van der Waals surface area contributed by atoms with Crippen LogP contribution in [0.4, 0.5) is 0 Å². The number of nitrogens with zero attached hydrogens (tertiary/aromatic N) is 1. The number of rotatable bonds is 8. The van der Waals surface area contributed by atoms with Crippen molar-refractivity contribution in [1.29, 1.82) is 0 Å². The van der Waals surface area contributed by atoms with Crippen LogP contribution < -0.4 is 11.1 Å². The first-order chi connectivity index (χ1) is 13.7. The fraction of sp³-hybridized carbons (Fsp3) is 0.417. The average Bonchev–Trinajstić information content (AvgIpc) is 3.27. The van der Waals surface area contributed by atoms with Gasteiger partial charge in [-0.3, -0.25) is 9.59 Å². The van der Waals surface area contributed by atoms with E-state index >= 15 is 0 Å². The highest BCUT2D eigenvalue weighted by molar-refractivity contribution is 5.92. The molecule has 0 saturated heterocycles. The van der Waals surface area contributed by atoms with Crippen molar-refractivity contribution >= 4 is 11.8 Å². The summed E-state index contributed by atoms with van der Waals surface area (Å²) in [5.74, 6) is 0.0272. The number of likely N-dealkylation sites (N-methyl/N-ethyl adjacent to an activating group) is 1. The van der Waals surface area contributed by atoms with Crippen LogP contribution in [0.25, 0.3) is 0 Å². The highest BCUT2D eigenvalue weighted by Gasteiger charge is 2.62. The van der Waals surface area contributed by atoms with Crippen molar-refractivity contribution in [2.45, 2.75) is 31.7 Å². The Bertz CT molecular complexity index is 863. The standard InChI is InChI=1S/C24H31N3O2/c1-16-21(24(16,2)19-8-6-5-7-9-19)23(29)26-15-20(27(3)4)14-17-10-12-18(13-11-17)22(25)28/h5-13,16,20-21H,14-15H2,1-4H3,(H2,25,28)(H,26,29)/t16-,20-,21-,24-/m0/s1. The molecule has 2 aromatic rings. The van der Waals surface area contributed by atoms with Crippen LogP contribution in [0, 0.1) is 11.8 Å². The maximum Gasteiger partial charge on any atom is 0.248 e. The summed E-state index contributed by atoms with van der Waals surface area (Å²) in [6.45, 7) is 4.92. The van der Waals surface area contributed by atoms with Gasteiger partial charge in [0.1, 0.15) is 0 Å². The number of benzene rings is 2. The zero-order valence-corrected chi connectivity index (χ0v) is 17.7. The van der Waals surface area contributed by atoms with Crippen LogP contribution >= 0.6 is 0 Å². The van der Waals surface area contributed by atoms with Gasteiger partial charge in [-0.25, -0.2) is 0 Å². The van der Waals surface area contributed by atoms with Gasteiger partial charge in [0.05, 0.1) is 5.92 Å². The molecule has 2 aromatic carbocycles. The highest BCUT2D eigenvalue weighted by Crippen LogP contribution is 2.59. The number of nitrogens with two attached hydrogens (primary N) is 1. The second kappa shape index (κ2) is 8.37. The van der Waals surface area contributed by atoms with Gasteiger partial charge in [0.15, 0.2) is 0 Å². The van der Waals surface area contributed by atoms with Gasteiger partial charge < -0.3 is 16.0 Å². The molecule has 0 unspecified atom stereocenters. The van der Waals surface area contributed by atoms with Crippen molar-refractivity contribution in [1.82, 2.24) is 10.2 Å². The van der Waals surface area contributed by atoms with E-state index in [4.69, 9.17) is 5.73 Å². The number of hydrogen-bond acceptors (Lipinski definition) is 3. The third-order valence-corrected chi connectivity index (χ3v) is 6.61. The Hall–Kier alpha value is -2.66. The van der Waals surface area contributed by atoms with E-state index in [1.165, 1.54) is 5.56 Å². The van der Waals surface area contributed by atoms with E-state index in [2.05, 4.69) is 36.2 Å². The Morgan fingerprint density at radius 3 is 2.28 bits per heavy atom. The molecule has 0 aromatic heterocycles. The molecule has 3 rings (SSSR count). The molecule has 1 aliphatic carbocycles. The molecular formula is C24H31N3O2. The number of nitrogens with one attached hydrogen (secondary N) is 1. The van der Waals surface area contributed by atoms with Crippen LogP contribution in [0.1, 0.15) is 35.3 Å². The minimum atomic E-state index is -0.423. The molecular weight excluding hydrogens is 362 g/mol. The first-order valence-electron chi connectivity index (χ1n) is 10.1. The van der Waals surface area contributed by atoms with Gasteiger partial charge in [-0.2, -0.15) is 0 Å². The first kappa shape index (κ1) is 21.1. The van der Waals surface area contributed by atoms with E-state index < -0.39 is 5.91 Å². The summed E-state index contributed by atoms with van der Waals surface area (Å²) in [6, 6.07) is 17.8. The second-order valence-corrected chi connectivity index (χ2v) is 8.54. The van der Waals surface area contributed by atoms with Gasteiger partial charge in [0.2, 0.25) is 11.8 Å². The molecule has 29 heavy (non-hydrogen) atoms. The van der Waals surface area contributed by atoms with Crippen molar-refractivity contribution in [3.8, 4) is 0 Å². The van der Waals surface area contributed by atoms with Crippen molar-refractivity contribution in [2.24, 2.45) is 17.6 Å². The molecule has 0 aliphatic heterocycles. The Morgan fingerprint density at radius 1 is 1.10 bits per heavy atom. The van der Waals surface area contributed by atoms with Gasteiger partial charge in [-0.1, -0.05) is 56.3 Å². The van der Waals surface area contributed by atoms with Crippen LogP contribution in [-0.2, 0) is 16.6 Å². The molecule has 0 radical (unpaired) electrons. The quantitative estimate of drug-likeness (QED) is 0.724. The van der Waals surface area contributed by atoms with E-state index in [9.17, 15) is 9.59 Å². The van der Waals surface area contributed by atoms with E-state index in [0.717, 1.165) is 12.0 Å². The minimum Gasteiger partial charge on any atom is -0.366 e. The van der Waals surface area contributed by atoms with E-state index in [1.807, 2.05) is 44.4 Å². The Labute approximate surface area is 173 Å². The lowest BCUT2D eigenvalue weighted by Gasteiger charge is -2.25. The topological polar surface area (TPSA) is 75.4 Å². The molecule has 4 atom stereocenters. The number of hydrogen-bond donors (Lipinski definition) is 2. The number of amides is 2. The van der Waals surface area contributed by atoms with Crippen molar-refractivity contribution in [3.63, 3.8) is 0 Å². The summed E-state index contributed by atoms with van der Waals surface area (Å²) in [4.78, 5) is 26.3. The Kier molecular flexibility index (Phi) is 6.08. The second-order valence-electron chi connectivity index (χ2n) is 8.54. The largest absolute Gasteiger partial charge is 0.366 e. The van der Waals surface area contributed by atoms with Crippen LogP contribution in [0.3, 0.4) is 0 Å². The van der Waals surface area contributed by atoms with Gasteiger partial charge in [0.25, 0.3) is 0 Å². The van der Waals surface area contributed by atoms with Gasteiger partial charge in [-0.15, -0.1) is 0 Å². The smallest absolute Gasteiger partial charge is 0.248 e. The summed E-state index contributed by atoms with van der Waals surface area (Å²) >= 11 is 0. The summed E-state index contributed by atoms with van der Waals surface area (Å²) in [6.07, 6.45) is 0.780. The minimum absolute atomic E-state index is 0.00237. The molecule has 154 valence electrons. The maximum absolute atomic E-state index is 12.9. The van der Waals surface area contributed by atoms with Gasteiger partial charge >= 0.3 is 0 Å². The number of carbonyl (C=O) groups is 2. The lowest BCUT2D eigenvalue weighted by Crippen LogP contribution is -2.42. The van der Waals surface area contributed by atoms with E-state index in [1.54, 1.807) is 12.1 Å². The number of primary amides is 1. The van der Waals surface area contributed by atoms with Crippen LogP contribution in [0.2, 0.25) is 0 Å². The SMILES string of the molecule is C[C@H]1[C@@H](C(=O)NC[C@H](Cc2ccc(C(N)=O)cc2)N(C)C)[C@]1(C)c1ccccc1. The highest BCUT2D eigenvalue weighted by atomic mass is 16.2. The van der Waals surface area contributed by atoms with Crippen molar-refractivity contribution in [2.75, 3.05) is 20.6 Å². The summed E-state index contributed by atoms with van der Waals surface area (Å²) in [7, 11) is 4.03. The molecule has 1 saturated carbocycles. The lowest BCUT2D eigenvalue weighted by molar-refractivity contribution is -0.123. The summed E-state index contributed by atoms with van der Waals surface area (Å²) in [5, 5.41) is 3.18. The third-order valence-electron chi connectivity index (χ3n) is 6.61. The molecule has 0 spiro atoms. The van der Waals surface area contributed by atoms with Crippen molar-refractivity contribution < 1.29 is 9.59 Å². The molecule has 2 amide bonds. The Balaban J connectivity index is 1.61. The monoisotopic (exact) mass is 393 g/mol. The molecule has 5 nitrogen and oxygen atoms in total. The van der Waals surface area contributed by atoms with Crippen LogP contribution in [0.5, 0.6) is 0 Å². The van der Waals surface area contributed by atoms with Gasteiger partial charge in [-0.05, 0) is 49.7 Å². The van der Waals surface area contributed by atoms with E-state index in [-0.39, 0.29) is 23.3 Å². The molecule has 1 aliphatic rings. The predicted molar refractivity (Wildman–Crippen MR) is 116 cm³/mol. The maximum atomic E-state index is 12.9. The normalized spacial score (nSPS) is 24.2. The molecule has 5 heteroatoms. The molecule has 0 heterocycles. The fourth-order valence-corrected chi connectivity index (χ4v) is 4.31. The van der Waals surface area contributed by atoms with Crippen LogP contribution in [0.15, 0.2) is 54.6 Å². The average molecular weight is 394 g/mol. The van der Waals surface area contributed by atoms with E-state index in [0.29, 0.717) is 18.0 Å². The third kappa shape index (κ3) is 4.35.